The van der Waals surface area contributed by atoms with Crippen LogP contribution in [-0.4, -0.2) is 5.78 Å². The Bertz CT molecular complexity index is 1480. The number of rotatable bonds is 0. The van der Waals surface area contributed by atoms with Crippen LogP contribution in [0.1, 0.15) is 0 Å². The fourth-order valence-corrected chi connectivity index (χ4v) is 4.41. The van der Waals surface area contributed by atoms with Crippen molar-refractivity contribution in [2.24, 2.45) is 5.92 Å². The summed E-state index contributed by atoms with van der Waals surface area (Å²) in [5.74, 6) is 0.0126. The molecule has 0 N–H and O–H groups in total. The molecule has 0 spiro atoms. The zero-order valence-corrected chi connectivity index (χ0v) is 14.6. The minimum absolute atomic E-state index is 0.152. The minimum atomic E-state index is -0.152. The fourth-order valence-electron chi connectivity index (χ4n) is 4.41. The molecule has 6 rings (SSSR count). The van der Waals surface area contributed by atoms with E-state index >= 15 is 0 Å². The van der Waals surface area contributed by atoms with Gasteiger partial charge in [0, 0.05) is 0 Å². The van der Waals surface area contributed by atoms with Crippen LogP contribution in [0.2, 0.25) is 0 Å². The summed E-state index contributed by atoms with van der Waals surface area (Å²) in [4.78, 5) is 12.4. The SMILES string of the molecule is O=C1C=CC=C2C=c3ccc4cc5cc6ccccc6cc5cc4c3=CC12. The van der Waals surface area contributed by atoms with Crippen LogP contribution in [0.5, 0.6) is 0 Å². The first-order valence-corrected chi connectivity index (χ1v) is 9.27. The van der Waals surface area contributed by atoms with Crippen molar-refractivity contribution in [3.05, 3.63) is 94.9 Å². The van der Waals surface area contributed by atoms with E-state index in [1.807, 2.05) is 12.2 Å². The van der Waals surface area contributed by atoms with E-state index in [1.54, 1.807) is 6.08 Å². The molecule has 2 aliphatic rings. The van der Waals surface area contributed by atoms with Gasteiger partial charge in [0.25, 0.3) is 0 Å². The van der Waals surface area contributed by atoms with Crippen molar-refractivity contribution in [2.75, 3.05) is 0 Å². The molecule has 4 aromatic carbocycles. The van der Waals surface area contributed by atoms with Crippen LogP contribution in [0.15, 0.2) is 84.5 Å². The van der Waals surface area contributed by atoms with Crippen molar-refractivity contribution in [1.29, 1.82) is 0 Å². The Morgan fingerprint density at radius 3 is 2.30 bits per heavy atom. The smallest absolute Gasteiger partial charge is 0.166 e. The highest BCUT2D eigenvalue weighted by molar-refractivity contribution is 6.06. The van der Waals surface area contributed by atoms with Crippen LogP contribution in [0.25, 0.3) is 44.5 Å². The zero-order chi connectivity index (χ0) is 18.0. The molecule has 126 valence electrons. The summed E-state index contributed by atoms with van der Waals surface area (Å²) in [6, 6.07) is 21.9. The zero-order valence-electron chi connectivity index (χ0n) is 14.6. The molecule has 0 aliphatic heterocycles. The Morgan fingerprint density at radius 1 is 0.741 bits per heavy atom. The largest absolute Gasteiger partial charge is 0.294 e. The van der Waals surface area contributed by atoms with E-state index in [4.69, 9.17) is 0 Å². The lowest BCUT2D eigenvalue weighted by molar-refractivity contribution is -0.115. The van der Waals surface area contributed by atoms with E-state index in [9.17, 15) is 4.79 Å². The molecule has 0 bridgehead atoms. The highest BCUT2D eigenvalue weighted by Gasteiger charge is 2.21. The normalized spacial score (nSPS) is 18.0. The maximum absolute atomic E-state index is 12.4. The Hall–Kier alpha value is -3.45. The Morgan fingerprint density at radius 2 is 1.48 bits per heavy atom. The number of carbonyl (C=O) groups excluding carboxylic acids is 1. The van der Waals surface area contributed by atoms with Crippen LogP contribution in [0.4, 0.5) is 0 Å². The van der Waals surface area contributed by atoms with E-state index in [2.05, 4.69) is 72.8 Å². The lowest BCUT2D eigenvalue weighted by Crippen LogP contribution is -2.33. The molecular weight excluding hydrogens is 328 g/mol. The quantitative estimate of drug-likeness (QED) is 0.432. The standard InChI is InChI=1S/C26H16O/c27-26-7-3-6-18-12-19-8-9-20-13-21-10-16-4-1-2-5-17(16)11-22(21)14-23(20)24(19)15-25(18)26/h1-15,25H. The van der Waals surface area contributed by atoms with Crippen molar-refractivity contribution < 1.29 is 4.79 Å². The molecule has 0 heterocycles. The number of hydrogen-bond acceptors (Lipinski definition) is 1. The predicted molar refractivity (Wildman–Crippen MR) is 113 cm³/mol. The molecule has 1 heteroatoms. The number of hydrogen-bond donors (Lipinski definition) is 0. The van der Waals surface area contributed by atoms with Gasteiger partial charge < -0.3 is 0 Å². The van der Waals surface area contributed by atoms with Crippen LogP contribution in [0, 0.1) is 5.92 Å². The molecule has 0 amide bonds. The van der Waals surface area contributed by atoms with Crippen molar-refractivity contribution in [1.82, 2.24) is 0 Å². The first-order valence-electron chi connectivity index (χ1n) is 9.27. The van der Waals surface area contributed by atoms with Crippen LogP contribution in [0.3, 0.4) is 0 Å². The highest BCUT2D eigenvalue weighted by Crippen LogP contribution is 2.27. The van der Waals surface area contributed by atoms with Gasteiger partial charge in [0.15, 0.2) is 5.78 Å². The molecule has 2 aliphatic carbocycles. The molecule has 1 atom stereocenters. The molecule has 27 heavy (non-hydrogen) atoms. The predicted octanol–water partition coefficient (Wildman–Crippen LogP) is 4.40. The molecule has 1 nitrogen and oxygen atoms in total. The summed E-state index contributed by atoms with van der Waals surface area (Å²) in [7, 11) is 0. The van der Waals surface area contributed by atoms with E-state index in [0.717, 1.165) is 5.57 Å². The van der Waals surface area contributed by atoms with Crippen LogP contribution in [-0.2, 0) is 4.79 Å². The minimum Gasteiger partial charge on any atom is -0.294 e. The number of allylic oxidation sites excluding steroid dienone is 4. The average molecular weight is 344 g/mol. The maximum Gasteiger partial charge on any atom is 0.166 e. The van der Waals surface area contributed by atoms with E-state index < -0.39 is 0 Å². The van der Waals surface area contributed by atoms with Crippen LogP contribution < -0.4 is 10.4 Å². The van der Waals surface area contributed by atoms with E-state index in [-0.39, 0.29) is 11.7 Å². The third-order valence-electron chi connectivity index (χ3n) is 5.79. The summed E-state index contributed by atoms with van der Waals surface area (Å²) in [6.07, 6.45) is 9.87. The van der Waals surface area contributed by atoms with Gasteiger partial charge in [-0.05, 0) is 78.7 Å². The average Bonchev–Trinajstić information content (AvgIpc) is 2.70. The monoisotopic (exact) mass is 344 g/mol. The van der Waals surface area contributed by atoms with Gasteiger partial charge in [0.1, 0.15) is 0 Å². The fraction of sp³-hybridized carbons (Fsp3) is 0.0385. The van der Waals surface area contributed by atoms with Gasteiger partial charge in [0.05, 0.1) is 5.92 Å². The summed E-state index contributed by atoms with van der Waals surface area (Å²) >= 11 is 0. The van der Waals surface area contributed by atoms with Crippen LogP contribution >= 0.6 is 0 Å². The maximum atomic E-state index is 12.4. The summed E-state index contributed by atoms with van der Waals surface area (Å²) in [5.41, 5.74) is 1.08. The third-order valence-corrected chi connectivity index (χ3v) is 5.79. The van der Waals surface area contributed by atoms with Gasteiger partial charge in [-0.3, -0.25) is 4.79 Å². The van der Waals surface area contributed by atoms with Gasteiger partial charge in [-0.25, -0.2) is 0 Å². The number of ketones is 1. The molecule has 1 unspecified atom stereocenters. The first kappa shape index (κ1) is 14.7. The second-order valence-electron chi connectivity index (χ2n) is 7.41. The van der Waals surface area contributed by atoms with Gasteiger partial charge >= 0.3 is 0 Å². The molecule has 0 radical (unpaired) electrons. The summed E-state index contributed by atoms with van der Waals surface area (Å²) < 4.78 is 0. The number of carbonyl (C=O) groups is 1. The second-order valence-corrected chi connectivity index (χ2v) is 7.41. The second kappa shape index (κ2) is 5.28. The van der Waals surface area contributed by atoms with Crippen molar-refractivity contribution in [2.45, 2.75) is 0 Å². The van der Waals surface area contributed by atoms with Gasteiger partial charge in [-0.2, -0.15) is 0 Å². The Balaban J connectivity index is 1.72. The molecule has 0 saturated heterocycles. The summed E-state index contributed by atoms with van der Waals surface area (Å²) in [6.45, 7) is 0. The lowest BCUT2D eigenvalue weighted by Gasteiger charge is -2.18. The van der Waals surface area contributed by atoms with Gasteiger partial charge in [-0.1, -0.05) is 60.7 Å². The highest BCUT2D eigenvalue weighted by atomic mass is 16.1. The third kappa shape index (κ3) is 2.15. The molecule has 0 fully saturated rings. The first-order chi connectivity index (χ1) is 13.3. The number of fused-ring (bicyclic) bond motifs is 6. The topological polar surface area (TPSA) is 17.1 Å². The van der Waals surface area contributed by atoms with Gasteiger partial charge in [-0.15, -0.1) is 0 Å². The van der Waals surface area contributed by atoms with E-state index in [1.165, 1.54) is 42.8 Å². The molecule has 4 aromatic rings. The van der Waals surface area contributed by atoms with Crippen molar-refractivity contribution in [3.63, 3.8) is 0 Å². The lowest BCUT2D eigenvalue weighted by atomic mass is 9.84. The molecule has 0 aromatic heterocycles. The number of benzene rings is 4. The Labute approximate surface area is 156 Å². The molecular formula is C26H16O. The van der Waals surface area contributed by atoms with Gasteiger partial charge in [0.2, 0.25) is 0 Å². The Kier molecular flexibility index (Phi) is 2.87. The van der Waals surface area contributed by atoms with Crippen molar-refractivity contribution in [3.8, 4) is 0 Å². The summed E-state index contributed by atoms with van der Waals surface area (Å²) in [5, 5.41) is 9.79. The molecule has 0 saturated carbocycles. The van der Waals surface area contributed by atoms with E-state index in [0.29, 0.717) is 0 Å². The van der Waals surface area contributed by atoms with Crippen molar-refractivity contribution >= 4 is 50.3 Å².